The highest BCUT2D eigenvalue weighted by atomic mass is 79.9. The number of aromatic amines is 1. The molecule has 2 heterocycles. The number of phenolic OH excluding ortho intramolecular Hbond substituents is 1. The number of nitrogens with one attached hydrogen (secondary N) is 1. The first-order valence-electron chi connectivity index (χ1n) is 10.5. The lowest BCUT2D eigenvalue weighted by atomic mass is 9.95. The molecular weight excluding hydrogens is 502 g/mol. The molecule has 1 aliphatic rings. The molecule has 0 spiro atoms. The maximum absolute atomic E-state index is 13.5. The number of hydrogen-bond acceptors (Lipinski definition) is 3. The maximum atomic E-state index is 13.5. The molecule has 0 aliphatic carbocycles. The summed E-state index contributed by atoms with van der Waals surface area (Å²) in [6, 6.07) is 19.0. The SMILES string of the molecule is Cc1ccc(CN2C(=O)c3[nH]nc(-c4cc(Cl)c(C)cc4O)c3C2c2ccc(Br)cc2)cc1. The van der Waals surface area contributed by atoms with Crippen molar-refractivity contribution in [2.24, 2.45) is 0 Å². The summed E-state index contributed by atoms with van der Waals surface area (Å²) in [6.07, 6.45) is 0. The Balaban J connectivity index is 1.66. The third-order valence-electron chi connectivity index (χ3n) is 6.06. The van der Waals surface area contributed by atoms with Gasteiger partial charge in [0, 0.05) is 27.2 Å². The predicted molar refractivity (Wildman–Crippen MR) is 132 cm³/mol. The van der Waals surface area contributed by atoms with E-state index in [9.17, 15) is 9.90 Å². The number of aromatic nitrogens is 2. The highest BCUT2D eigenvalue weighted by molar-refractivity contribution is 9.10. The lowest BCUT2D eigenvalue weighted by molar-refractivity contribution is 0.0730. The number of amides is 1. The normalized spacial score (nSPS) is 15.2. The molecule has 2 N–H and O–H groups in total. The van der Waals surface area contributed by atoms with Crippen molar-refractivity contribution in [3.63, 3.8) is 0 Å². The Kier molecular flexibility index (Phi) is 5.51. The molecule has 0 fully saturated rings. The number of phenols is 1. The van der Waals surface area contributed by atoms with Crippen LogP contribution in [0, 0.1) is 13.8 Å². The molecule has 0 saturated heterocycles. The van der Waals surface area contributed by atoms with Gasteiger partial charge in [0.05, 0.1) is 6.04 Å². The van der Waals surface area contributed by atoms with Gasteiger partial charge in [0.2, 0.25) is 0 Å². The second-order valence-corrected chi connectivity index (χ2v) is 9.68. The van der Waals surface area contributed by atoms with E-state index in [0.717, 1.165) is 26.7 Å². The molecule has 0 saturated carbocycles. The molecule has 7 heteroatoms. The van der Waals surface area contributed by atoms with Crippen molar-refractivity contribution < 1.29 is 9.90 Å². The number of aryl methyl sites for hydroxylation is 2. The van der Waals surface area contributed by atoms with Crippen molar-refractivity contribution in [1.82, 2.24) is 15.1 Å². The number of carbonyl (C=O) groups excluding carboxylic acids is 1. The van der Waals surface area contributed by atoms with E-state index in [0.29, 0.717) is 28.5 Å². The molecule has 1 unspecified atom stereocenters. The van der Waals surface area contributed by atoms with Crippen molar-refractivity contribution in [3.8, 4) is 17.0 Å². The van der Waals surface area contributed by atoms with Crippen LogP contribution in [0.4, 0.5) is 0 Å². The number of halogens is 2. The highest BCUT2D eigenvalue weighted by Crippen LogP contribution is 2.46. The summed E-state index contributed by atoms with van der Waals surface area (Å²) in [4.78, 5) is 15.4. The van der Waals surface area contributed by atoms with E-state index < -0.39 is 0 Å². The van der Waals surface area contributed by atoms with Gasteiger partial charge in [-0.15, -0.1) is 0 Å². The van der Waals surface area contributed by atoms with Crippen molar-refractivity contribution in [3.05, 3.63) is 104 Å². The van der Waals surface area contributed by atoms with Gasteiger partial charge in [-0.3, -0.25) is 9.89 Å². The molecular formula is C26H21BrClN3O2. The van der Waals surface area contributed by atoms with Gasteiger partial charge in [-0.05, 0) is 54.8 Å². The van der Waals surface area contributed by atoms with Crippen LogP contribution < -0.4 is 0 Å². The van der Waals surface area contributed by atoms with Gasteiger partial charge in [-0.25, -0.2) is 0 Å². The lowest BCUT2D eigenvalue weighted by Crippen LogP contribution is -2.29. The van der Waals surface area contributed by atoms with Gasteiger partial charge >= 0.3 is 0 Å². The average molecular weight is 523 g/mol. The monoisotopic (exact) mass is 521 g/mol. The molecule has 1 atom stereocenters. The van der Waals surface area contributed by atoms with Crippen LogP contribution >= 0.6 is 27.5 Å². The molecule has 5 rings (SSSR count). The van der Waals surface area contributed by atoms with Crippen molar-refractivity contribution >= 4 is 33.4 Å². The van der Waals surface area contributed by atoms with Crippen LogP contribution in [0.1, 0.15) is 44.3 Å². The molecule has 4 aromatic rings. The summed E-state index contributed by atoms with van der Waals surface area (Å²) < 4.78 is 0.955. The number of hydrogen-bond donors (Lipinski definition) is 2. The van der Waals surface area contributed by atoms with Crippen LogP contribution in [0.15, 0.2) is 65.1 Å². The maximum Gasteiger partial charge on any atom is 0.273 e. The number of nitrogens with zero attached hydrogens (tertiary/aromatic N) is 2. The molecule has 33 heavy (non-hydrogen) atoms. The van der Waals surface area contributed by atoms with E-state index in [1.165, 1.54) is 5.56 Å². The quantitative estimate of drug-likeness (QED) is 0.319. The Bertz CT molecular complexity index is 1360. The molecule has 1 aromatic heterocycles. The van der Waals surface area contributed by atoms with Gasteiger partial charge in [0.1, 0.15) is 17.1 Å². The topological polar surface area (TPSA) is 69.2 Å². The van der Waals surface area contributed by atoms with Crippen LogP contribution in [-0.2, 0) is 6.54 Å². The number of rotatable bonds is 4. The number of carbonyl (C=O) groups is 1. The zero-order valence-corrected chi connectivity index (χ0v) is 20.4. The summed E-state index contributed by atoms with van der Waals surface area (Å²) >= 11 is 9.86. The Morgan fingerprint density at radius 1 is 1.09 bits per heavy atom. The molecule has 0 radical (unpaired) electrons. The van der Waals surface area contributed by atoms with E-state index in [-0.39, 0.29) is 17.7 Å². The number of fused-ring (bicyclic) bond motifs is 1. The molecule has 166 valence electrons. The minimum Gasteiger partial charge on any atom is -0.507 e. The Morgan fingerprint density at radius 3 is 2.48 bits per heavy atom. The largest absolute Gasteiger partial charge is 0.507 e. The number of aromatic hydroxyl groups is 1. The van der Waals surface area contributed by atoms with Crippen LogP contribution in [0.5, 0.6) is 5.75 Å². The van der Waals surface area contributed by atoms with Crippen molar-refractivity contribution in [2.45, 2.75) is 26.4 Å². The van der Waals surface area contributed by atoms with Gasteiger partial charge in [-0.1, -0.05) is 69.5 Å². The van der Waals surface area contributed by atoms with Crippen LogP contribution in [-0.4, -0.2) is 26.1 Å². The summed E-state index contributed by atoms with van der Waals surface area (Å²) in [5.74, 6) is -0.0554. The first-order valence-corrected chi connectivity index (χ1v) is 11.7. The Morgan fingerprint density at radius 2 is 1.79 bits per heavy atom. The van der Waals surface area contributed by atoms with E-state index >= 15 is 0 Å². The highest BCUT2D eigenvalue weighted by Gasteiger charge is 2.42. The summed E-state index contributed by atoms with van der Waals surface area (Å²) in [5.41, 5.74) is 6.12. The summed E-state index contributed by atoms with van der Waals surface area (Å²) in [5, 5.41) is 18.6. The second kappa shape index (κ2) is 8.36. The zero-order chi connectivity index (χ0) is 23.3. The molecule has 0 bridgehead atoms. The predicted octanol–water partition coefficient (Wildman–Crippen LogP) is 6.56. The van der Waals surface area contributed by atoms with E-state index in [4.69, 9.17) is 11.6 Å². The minimum absolute atomic E-state index is 0.0742. The van der Waals surface area contributed by atoms with Gasteiger partial charge in [0.15, 0.2) is 0 Å². The van der Waals surface area contributed by atoms with E-state index in [1.807, 2.05) is 67.3 Å². The van der Waals surface area contributed by atoms with E-state index in [2.05, 4.69) is 26.1 Å². The smallest absolute Gasteiger partial charge is 0.273 e. The first-order chi connectivity index (χ1) is 15.8. The summed E-state index contributed by atoms with van der Waals surface area (Å²) in [6.45, 7) is 4.32. The van der Waals surface area contributed by atoms with Gasteiger partial charge < -0.3 is 10.0 Å². The number of H-pyrrole nitrogens is 1. The van der Waals surface area contributed by atoms with Crippen molar-refractivity contribution in [2.75, 3.05) is 0 Å². The fraction of sp³-hybridized carbons (Fsp3) is 0.154. The fourth-order valence-corrected chi connectivity index (χ4v) is 4.73. The first kappa shape index (κ1) is 21.7. The van der Waals surface area contributed by atoms with Crippen LogP contribution in [0.3, 0.4) is 0 Å². The van der Waals surface area contributed by atoms with Crippen molar-refractivity contribution in [1.29, 1.82) is 0 Å². The third kappa shape index (κ3) is 3.83. The third-order valence-corrected chi connectivity index (χ3v) is 6.99. The van der Waals surface area contributed by atoms with Crippen LogP contribution in [0.25, 0.3) is 11.3 Å². The molecule has 5 nitrogen and oxygen atoms in total. The second-order valence-electron chi connectivity index (χ2n) is 8.35. The fourth-order valence-electron chi connectivity index (χ4n) is 4.30. The van der Waals surface area contributed by atoms with Gasteiger partial charge in [-0.2, -0.15) is 5.10 Å². The standard InChI is InChI=1S/C26H21BrClN3O2/c1-14-3-5-16(6-4-14)13-31-25(17-7-9-18(27)10-8-17)22-23(29-30-24(22)26(31)33)19-12-20(28)15(2)11-21(19)32/h3-12,25,32H,13H2,1-2H3,(H,29,30). The van der Waals surface area contributed by atoms with Crippen LogP contribution in [0.2, 0.25) is 5.02 Å². The molecule has 1 amide bonds. The zero-order valence-electron chi connectivity index (χ0n) is 18.1. The molecule has 3 aromatic carbocycles. The summed E-state index contributed by atoms with van der Waals surface area (Å²) in [7, 11) is 0. The minimum atomic E-state index is -0.366. The number of benzene rings is 3. The van der Waals surface area contributed by atoms with Gasteiger partial charge in [0.25, 0.3) is 5.91 Å². The molecule has 1 aliphatic heterocycles. The Labute approximate surface area is 205 Å². The van der Waals surface area contributed by atoms with E-state index in [1.54, 1.807) is 12.1 Å². The lowest BCUT2D eigenvalue weighted by Gasteiger charge is -2.26. The Hall–Kier alpha value is -3.09. The average Bonchev–Trinajstić information content (AvgIpc) is 3.32.